The third-order valence-electron chi connectivity index (χ3n) is 2.75. The minimum atomic E-state index is 0.0640. The molecule has 2 atom stereocenters. The van der Waals surface area contributed by atoms with E-state index in [9.17, 15) is 4.79 Å². The van der Waals surface area contributed by atoms with E-state index >= 15 is 0 Å². The van der Waals surface area contributed by atoms with Gasteiger partial charge in [-0.3, -0.25) is 4.79 Å². The highest BCUT2D eigenvalue weighted by Gasteiger charge is 2.27. The van der Waals surface area contributed by atoms with Crippen LogP contribution in [0.15, 0.2) is 16.8 Å². The van der Waals surface area contributed by atoms with E-state index in [4.69, 9.17) is 4.74 Å². The zero-order valence-electron chi connectivity index (χ0n) is 9.23. The van der Waals surface area contributed by atoms with Crippen LogP contribution in [0.1, 0.15) is 5.56 Å². The Morgan fingerprint density at radius 1 is 1.69 bits per heavy atom. The number of methoxy groups -OCH3 is 1. The molecule has 0 radical (unpaired) electrons. The fourth-order valence-corrected chi connectivity index (χ4v) is 2.55. The normalized spacial score (nSPS) is 24.6. The molecule has 0 bridgehead atoms. The van der Waals surface area contributed by atoms with Gasteiger partial charge in [-0.05, 0) is 22.4 Å². The topological polar surface area (TPSA) is 50.4 Å². The molecule has 1 aliphatic rings. The van der Waals surface area contributed by atoms with Gasteiger partial charge in [0, 0.05) is 20.2 Å². The number of amides is 1. The summed E-state index contributed by atoms with van der Waals surface area (Å²) in [6.45, 7) is 1.59. The van der Waals surface area contributed by atoms with Gasteiger partial charge in [-0.2, -0.15) is 11.3 Å². The maximum atomic E-state index is 11.7. The van der Waals surface area contributed by atoms with Crippen LogP contribution in [0, 0.1) is 0 Å². The number of ether oxygens (including phenoxy) is 1. The lowest BCUT2D eigenvalue weighted by Crippen LogP contribution is -2.44. The Morgan fingerprint density at radius 3 is 3.25 bits per heavy atom. The monoisotopic (exact) mass is 240 g/mol. The van der Waals surface area contributed by atoms with Crippen LogP contribution < -0.4 is 10.6 Å². The second-order valence-electron chi connectivity index (χ2n) is 3.91. The van der Waals surface area contributed by atoms with E-state index in [0.29, 0.717) is 6.42 Å². The van der Waals surface area contributed by atoms with Crippen molar-refractivity contribution in [2.75, 3.05) is 20.2 Å². The van der Waals surface area contributed by atoms with Crippen molar-refractivity contribution < 1.29 is 9.53 Å². The minimum Gasteiger partial charge on any atom is -0.378 e. The van der Waals surface area contributed by atoms with Gasteiger partial charge in [-0.1, -0.05) is 0 Å². The molecule has 0 aliphatic carbocycles. The summed E-state index contributed by atoms with van der Waals surface area (Å²) in [5.74, 6) is 0.0640. The van der Waals surface area contributed by atoms with Crippen molar-refractivity contribution in [2.45, 2.75) is 18.6 Å². The molecule has 2 rings (SSSR count). The first-order valence-electron chi connectivity index (χ1n) is 5.33. The van der Waals surface area contributed by atoms with Gasteiger partial charge in [0.1, 0.15) is 0 Å². The number of rotatable bonds is 4. The summed E-state index contributed by atoms with van der Waals surface area (Å²) >= 11 is 1.61. The smallest absolute Gasteiger partial charge is 0.224 e. The van der Waals surface area contributed by atoms with Crippen molar-refractivity contribution >= 4 is 17.2 Å². The van der Waals surface area contributed by atoms with E-state index in [1.807, 2.05) is 16.8 Å². The highest BCUT2D eigenvalue weighted by molar-refractivity contribution is 7.07. The predicted octanol–water partition coefficient (Wildman–Crippen LogP) is 0.394. The number of carbonyl (C=O) groups excluding carboxylic acids is 1. The summed E-state index contributed by atoms with van der Waals surface area (Å²) in [6.07, 6.45) is 0.544. The van der Waals surface area contributed by atoms with E-state index < -0.39 is 0 Å². The molecule has 1 aromatic rings. The molecule has 1 aliphatic heterocycles. The average molecular weight is 240 g/mol. The minimum absolute atomic E-state index is 0.0640. The summed E-state index contributed by atoms with van der Waals surface area (Å²) in [5, 5.41) is 10.2. The third-order valence-corrected chi connectivity index (χ3v) is 3.48. The van der Waals surface area contributed by atoms with Crippen molar-refractivity contribution in [3.63, 3.8) is 0 Å². The fourth-order valence-electron chi connectivity index (χ4n) is 1.88. The Morgan fingerprint density at radius 2 is 2.56 bits per heavy atom. The Balaban J connectivity index is 1.83. The Kier molecular flexibility index (Phi) is 3.93. The first-order valence-corrected chi connectivity index (χ1v) is 6.28. The third kappa shape index (κ3) is 2.81. The van der Waals surface area contributed by atoms with Gasteiger partial charge in [0.15, 0.2) is 0 Å². The lowest BCUT2D eigenvalue weighted by molar-refractivity contribution is -0.121. The highest BCUT2D eigenvalue weighted by atomic mass is 32.1. The Bertz CT molecular complexity index is 340. The predicted molar refractivity (Wildman–Crippen MR) is 63.6 cm³/mol. The first-order chi connectivity index (χ1) is 7.79. The molecule has 4 nitrogen and oxygen atoms in total. The molecule has 0 saturated carbocycles. The van der Waals surface area contributed by atoms with Gasteiger partial charge < -0.3 is 15.4 Å². The number of hydrogen-bond donors (Lipinski definition) is 2. The molecule has 1 fully saturated rings. The standard InChI is InChI=1S/C11H16N2O2S/c1-15-10-6-12-5-9(10)13-11(14)4-8-2-3-16-7-8/h2-3,7,9-10,12H,4-6H2,1H3,(H,13,14)/t9?,10-/m0/s1. The summed E-state index contributed by atoms with van der Waals surface area (Å²) < 4.78 is 5.28. The molecule has 16 heavy (non-hydrogen) atoms. The van der Waals surface area contributed by atoms with Crippen LogP contribution in [-0.4, -0.2) is 38.3 Å². The van der Waals surface area contributed by atoms with Crippen molar-refractivity contribution in [3.05, 3.63) is 22.4 Å². The lowest BCUT2D eigenvalue weighted by atomic mass is 10.2. The van der Waals surface area contributed by atoms with Crippen molar-refractivity contribution in [1.82, 2.24) is 10.6 Å². The molecule has 1 unspecified atom stereocenters. The zero-order valence-corrected chi connectivity index (χ0v) is 10.0. The van der Waals surface area contributed by atoms with Crippen LogP contribution >= 0.6 is 11.3 Å². The van der Waals surface area contributed by atoms with Crippen LogP contribution in [-0.2, 0) is 16.0 Å². The number of hydrogen-bond acceptors (Lipinski definition) is 4. The molecular formula is C11H16N2O2S. The van der Waals surface area contributed by atoms with Gasteiger partial charge in [0.25, 0.3) is 0 Å². The van der Waals surface area contributed by atoms with Gasteiger partial charge >= 0.3 is 0 Å². The lowest BCUT2D eigenvalue weighted by Gasteiger charge is -2.18. The second-order valence-corrected chi connectivity index (χ2v) is 4.69. The van der Waals surface area contributed by atoms with Gasteiger partial charge in [0.2, 0.25) is 5.91 Å². The van der Waals surface area contributed by atoms with Crippen molar-refractivity contribution in [2.24, 2.45) is 0 Å². The van der Waals surface area contributed by atoms with Crippen LogP contribution in [0.4, 0.5) is 0 Å². The van der Waals surface area contributed by atoms with Gasteiger partial charge in [-0.25, -0.2) is 0 Å². The van der Waals surface area contributed by atoms with E-state index in [1.54, 1.807) is 18.4 Å². The van der Waals surface area contributed by atoms with Crippen molar-refractivity contribution in [1.29, 1.82) is 0 Å². The van der Waals surface area contributed by atoms with Gasteiger partial charge in [0.05, 0.1) is 18.6 Å². The van der Waals surface area contributed by atoms with Crippen LogP contribution in [0.3, 0.4) is 0 Å². The largest absolute Gasteiger partial charge is 0.378 e. The zero-order chi connectivity index (χ0) is 11.4. The molecule has 0 aromatic carbocycles. The average Bonchev–Trinajstić information content (AvgIpc) is 2.88. The Labute approximate surface area is 99.0 Å². The van der Waals surface area contributed by atoms with E-state index in [-0.39, 0.29) is 18.1 Å². The molecule has 1 aromatic heterocycles. The number of thiophene rings is 1. The molecular weight excluding hydrogens is 224 g/mol. The van der Waals surface area contributed by atoms with Crippen molar-refractivity contribution in [3.8, 4) is 0 Å². The van der Waals surface area contributed by atoms with Crippen LogP contribution in [0.2, 0.25) is 0 Å². The van der Waals surface area contributed by atoms with Gasteiger partial charge in [-0.15, -0.1) is 0 Å². The number of nitrogens with one attached hydrogen (secondary N) is 2. The van der Waals surface area contributed by atoms with Crippen LogP contribution in [0.5, 0.6) is 0 Å². The maximum Gasteiger partial charge on any atom is 0.224 e. The Hall–Kier alpha value is -0.910. The molecule has 0 spiro atoms. The van der Waals surface area contributed by atoms with Crippen LogP contribution in [0.25, 0.3) is 0 Å². The first kappa shape index (κ1) is 11.6. The maximum absolute atomic E-state index is 11.7. The number of carbonyl (C=O) groups is 1. The summed E-state index contributed by atoms with van der Waals surface area (Å²) in [6, 6.07) is 2.07. The summed E-state index contributed by atoms with van der Waals surface area (Å²) in [7, 11) is 1.68. The van der Waals surface area contributed by atoms with E-state index in [2.05, 4.69) is 10.6 Å². The van der Waals surface area contributed by atoms with E-state index in [1.165, 1.54) is 0 Å². The quantitative estimate of drug-likeness (QED) is 0.800. The SMILES string of the molecule is CO[C@H]1CNCC1NC(=O)Cc1ccsc1. The molecule has 2 heterocycles. The molecule has 88 valence electrons. The second kappa shape index (κ2) is 5.43. The molecule has 1 saturated heterocycles. The summed E-state index contributed by atoms with van der Waals surface area (Å²) in [4.78, 5) is 11.7. The molecule has 1 amide bonds. The highest BCUT2D eigenvalue weighted by Crippen LogP contribution is 2.08. The summed E-state index contributed by atoms with van der Waals surface area (Å²) in [5.41, 5.74) is 1.07. The van der Waals surface area contributed by atoms with E-state index in [0.717, 1.165) is 18.7 Å². The molecule has 5 heteroatoms. The molecule has 2 N–H and O–H groups in total. The fraction of sp³-hybridized carbons (Fsp3) is 0.545.